The minimum absolute atomic E-state index is 0.288. The Kier molecular flexibility index (Phi) is 3.88. The van der Waals surface area contributed by atoms with Gasteiger partial charge < -0.3 is 5.73 Å². The number of nitrogens with two attached hydrogens (primary N) is 1. The fourth-order valence-corrected chi connectivity index (χ4v) is 2.83. The lowest BCUT2D eigenvalue weighted by atomic mass is 10.4. The SMILES string of the molecule is Cc1nn(C(C)C)c(Sc2ccc(Cl)cc2)c1N. The second-order valence-electron chi connectivity index (χ2n) is 4.40. The highest BCUT2D eigenvalue weighted by Crippen LogP contribution is 2.35. The van der Waals surface area contributed by atoms with E-state index in [4.69, 9.17) is 17.3 Å². The van der Waals surface area contributed by atoms with Crippen LogP contribution < -0.4 is 5.73 Å². The fraction of sp³-hybridized carbons (Fsp3) is 0.308. The first-order chi connectivity index (χ1) is 8.49. The maximum atomic E-state index is 6.09. The molecule has 2 rings (SSSR count). The summed E-state index contributed by atoms with van der Waals surface area (Å²) in [5, 5.41) is 6.20. The van der Waals surface area contributed by atoms with Gasteiger partial charge in [0.2, 0.25) is 0 Å². The highest BCUT2D eigenvalue weighted by Gasteiger charge is 2.15. The van der Waals surface area contributed by atoms with Crippen molar-refractivity contribution < 1.29 is 0 Å². The van der Waals surface area contributed by atoms with Gasteiger partial charge in [-0.25, -0.2) is 0 Å². The fourth-order valence-electron chi connectivity index (χ4n) is 1.61. The zero-order valence-electron chi connectivity index (χ0n) is 10.6. The van der Waals surface area contributed by atoms with Gasteiger partial charge in [0.25, 0.3) is 0 Å². The number of hydrogen-bond acceptors (Lipinski definition) is 3. The average molecular weight is 282 g/mol. The van der Waals surface area contributed by atoms with Gasteiger partial charge in [-0.1, -0.05) is 23.4 Å². The molecule has 0 spiro atoms. The first-order valence-electron chi connectivity index (χ1n) is 5.77. The molecule has 0 fully saturated rings. The summed E-state index contributed by atoms with van der Waals surface area (Å²) >= 11 is 7.50. The standard InChI is InChI=1S/C13H16ClN3S/c1-8(2)17-13(12(15)9(3)16-17)18-11-6-4-10(14)5-7-11/h4-8H,15H2,1-3H3. The van der Waals surface area contributed by atoms with Crippen LogP contribution in [0.2, 0.25) is 5.02 Å². The molecular weight excluding hydrogens is 266 g/mol. The summed E-state index contributed by atoms with van der Waals surface area (Å²) in [5.41, 5.74) is 7.72. The number of nitrogen functional groups attached to an aromatic ring is 1. The Labute approximate surface area is 116 Å². The van der Waals surface area contributed by atoms with E-state index in [0.717, 1.165) is 26.3 Å². The number of halogens is 1. The third-order valence-electron chi connectivity index (χ3n) is 2.60. The van der Waals surface area contributed by atoms with Crippen molar-refractivity contribution >= 4 is 29.1 Å². The van der Waals surface area contributed by atoms with Crippen molar-refractivity contribution in [1.82, 2.24) is 9.78 Å². The highest BCUT2D eigenvalue weighted by molar-refractivity contribution is 7.99. The predicted octanol–water partition coefficient (Wildman–Crippen LogP) is 4.16. The van der Waals surface area contributed by atoms with Gasteiger partial charge in [0.1, 0.15) is 5.03 Å². The summed E-state index contributed by atoms with van der Waals surface area (Å²) < 4.78 is 1.96. The molecule has 0 aliphatic heterocycles. The Hall–Kier alpha value is -1.13. The number of hydrogen-bond donors (Lipinski definition) is 1. The van der Waals surface area contributed by atoms with Crippen LogP contribution in [-0.4, -0.2) is 9.78 Å². The van der Waals surface area contributed by atoms with Crippen LogP contribution in [-0.2, 0) is 0 Å². The van der Waals surface area contributed by atoms with E-state index in [1.54, 1.807) is 11.8 Å². The Morgan fingerprint density at radius 3 is 2.44 bits per heavy atom. The molecule has 0 bridgehead atoms. The van der Waals surface area contributed by atoms with E-state index >= 15 is 0 Å². The van der Waals surface area contributed by atoms with Crippen LogP contribution >= 0.6 is 23.4 Å². The molecule has 2 N–H and O–H groups in total. The van der Waals surface area contributed by atoms with E-state index in [2.05, 4.69) is 18.9 Å². The van der Waals surface area contributed by atoms with Crippen molar-refractivity contribution in [3.05, 3.63) is 35.0 Å². The minimum Gasteiger partial charge on any atom is -0.395 e. The molecule has 5 heteroatoms. The molecule has 3 nitrogen and oxygen atoms in total. The molecule has 0 radical (unpaired) electrons. The lowest BCUT2D eigenvalue weighted by molar-refractivity contribution is 0.491. The molecule has 1 aromatic heterocycles. The largest absolute Gasteiger partial charge is 0.395 e. The Balaban J connectivity index is 2.36. The monoisotopic (exact) mass is 281 g/mol. The molecule has 0 saturated carbocycles. The van der Waals surface area contributed by atoms with Crippen molar-refractivity contribution in [2.45, 2.75) is 36.7 Å². The van der Waals surface area contributed by atoms with Crippen LogP contribution in [0.25, 0.3) is 0 Å². The summed E-state index contributed by atoms with van der Waals surface area (Å²) in [6.45, 7) is 6.12. The van der Waals surface area contributed by atoms with Crippen molar-refractivity contribution in [1.29, 1.82) is 0 Å². The van der Waals surface area contributed by atoms with Gasteiger partial charge in [-0.2, -0.15) is 5.10 Å². The molecule has 0 amide bonds. The third-order valence-corrected chi connectivity index (χ3v) is 3.96. The Bertz CT molecular complexity index is 546. The molecule has 2 aromatic rings. The lowest BCUT2D eigenvalue weighted by Gasteiger charge is -2.10. The molecule has 0 saturated heterocycles. The minimum atomic E-state index is 0.288. The van der Waals surface area contributed by atoms with Gasteiger partial charge in [-0.3, -0.25) is 4.68 Å². The van der Waals surface area contributed by atoms with E-state index in [1.807, 2.05) is 35.9 Å². The summed E-state index contributed by atoms with van der Waals surface area (Å²) in [6, 6.07) is 8.01. The van der Waals surface area contributed by atoms with E-state index < -0.39 is 0 Å². The van der Waals surface area contributed by atoms with Crippen LogP contribution in [0.15, 0.2) is 34.2 Å². The molecule has 18 heavy (non-hydrogen) atoms. The van der Waals surface area contributed by atoms with Crippen LogP contribution in [0, 0.1) is 6.92 Å². The molecule has 1 heterocycles. The smallest absolute Gasteiger partial charge is 0.122 e. The first-order valence-corrected chi connectivity index (χ1v) is 6.96. The zero-order valence-corrected chi connectivity index (χ0v) is 12.2. The summed E-state index contributed by atoms with van der Waals surface area (Å²) in [4.78, 5) is 1.10. The quantitative estimate of drug-likeness (QED) is 0.919. The molecule has 96 valence electrons. The molecular formula is C13H16ClN3S. The van der Waals surface area contributed by atoms with E-state index in [-0.39, 0.29) is 6.04 Å². The second kappa shape index (κ2) is 5.24. The normalized spacial score (nSPS) is 11.2. The first kappa shape index (κ1) is 13.3. The van der Waals surface area contributed by atoms with Crippen molar-refractivity contribution in [3.63, 3.8) is 0 Å². The maximum Gasteiger partial charge on any atom is 0.122 e. The van der Waals surface area contributed by atoms with Crippen LogP contribution in [0.3, 0.4) is 0 Å². The van der Waals surface area contributed by atoms with Gasteiger partial charge in [-0.05, 0) is 45.0 Å². The number of rotatable bonds is 3. The summed E-state index contributed by atoms with van der Waals surface area (Å²) in [6.07, 6.45) is 0. The van der Waals surface area contributed by atoms with Crippen molar-refractivity contribution in [3.8, 4) is 0 Å². The lowest BCUT2D eigenvalue weighted by Crippen LogP contribution is -2.04. The third kappa shape index (κ3) is 2.65. The predicted molar refractivity (Wildman–Crippen MR) is 77.3 cm³/mol. The molecule has 1 aromatic carbocycles. The number of nitrogens with zero attached hydrogens (tertiary/aromatic N) is 2. The van der Waals surface area contributed by atoms with E-state index in [9.17, 15) is 0 Å². The molecule has 0 unspecified atom stereocenters. The topological polar surface area (TPSA) is 43.8 Å². The Morgan fingerprint density at radius 2 is 1.89 bits per heavy atom. The van der Waals surface area contributed by atoms with E-state index in [1.165, 1.54) is 0 Å². The van der Waals surface area contributed by atoms with Crippen LogP contribution in [0.4, 0.5) is 5.69 Å². The zero-order chi connectivity index (χ0) is 13.3. The van der Waals surface area contributed by atoms with Gasteiger partial charge in [0.15, 0.2) is 0 Å². The molecule has 0 aliphatic carbocycles. The summed E-state index contributed by atoms with van der Waals surface area (Å²) in [5.74, 6) is 0. The number of aryl methyl sites for hydroxylation is 1. The molecule has 0 atom stereocenters. The van der Waals surface area contributed by atoms with Crippen LogP contribution in [0.1, 0.15) is 25.6 Å². The number of anilines is 1. The maximum absolute atomic E-state index is 6.09. The van der Waals surface area contributed by atoms with Crippen molar-refractivity contribution in [2.24, 2.45) is 0 Å². The second-order valence-corrected chi connectivity index (χ2v) is 5.90. The van der Waals surface area contributed by atoms with Crippen molar-refractivity contribution in [2.75, 3.05) is 5.73 Å². The molecule has 0 aliphatic rings. The average Bonchev–Trinajstić information content (AvgIpc) is 2.60. The van der Waals surface area contributed by atoms with Gasteiger partial charge in [0, 0.05) is 16.0 Å². The number of aromatic nitrogens is 2. The summed E-state index contributed by atoms with van der Waals surface area (Å²) in [7, 11) is 0. The van der Waals surface area contributed by atoms with Crippen LogP contribution in [0.5, 0.6) is 0 Å². The Morgan fingerprint density at radius 1 is 1.28 bits per heavy atom. The van der Waals surface area contributed by atoms with Gasteiger partial charge in [0.05, 0.1) is 11.4 Å². The van der Waals surface area contributed by atoms with E-state index in [0.29, 0.717) is 0 Å². The highest BCUT2D eigenvalue weighted by atomic mass is 35.5. The number of benzene rings is 1. The van der Waals surface area contributed by atoms with Gasteiger partial charge >= 0.3 is 0 Å². The van der Waals surface area contributed by atoms with Gasteiger partial charge in [-0.15, -0.1) is 0 Å².